The highest BCUT2D eigenvalue weighted by atomic mass is 19.4. The van der Waals surface area contributed by atoms with Crippen LogP contribution < -0.4 is 20.7 Å². The molecule has 0 aromatic heterocycles. The largest absolute Gasteiger partial charge is 0.479 e. The van der Waals surface area contributed by atoms with Crippen LogP contribution in [0, 0.1) is 0 Å². The summed E-state index contributed by atoms with van der Waals surface area (Å²) in [7, 11) is 0. The minimum atomic E-state index is -4.43. The predicted octanol–water partition coefficient (Wildman–Crippen LogP) is 3.86. The fourth-order valence-electron chi connectivity index (χ4n) is 2.61. The number of hydrogen-bond donors (Lipinski definition) is 3. The third kappa shape index (κ3) is 4.36. The maximum Gasteiger partial charge on any atom is 0.416 e. The van der Waals surface area contributed by atoms with Gasteiger partial charge in [-0.15, -0.1) is 0 Å². The number of nitrogens with one attached hydrogen (secondary N) is 3. The number of rotatable bonds is 4. The Kier molecular flexibility index (Phi) is 5.17. The van der Waals surface area contributed by atoms with Gasteiger partial charge in [-0.1, -0.05) is 0 Å². The molecule has 1 aliphatic rings. The number of anilines is 3. The topological polar surface area (TPSA) is 79.5 Å². The number of alkyl halides is 3. The van der Waals surface area contributed by atoms with Gasteiger partial charge in [-0.25, -0.2) is 0 Å². The van der Waals surface area contributed by atoms with Gasteiger partial charge in [0.25, 0.3) is 5.91 Å². The van der Waals surface area contributed by atoms with Gasteiger partial charge in [0.2, 0.25) is 5.91 Å². The first-order valence-corrected chi connectivity index (χ1v) is 8.50. The van der Waals surface area contributed by atoms with Gasteiger partial charge in [0.15, 0.2) is 6.10 Å². The molecular weight excluding hydrogens is 375 g/mol. The molecule has 6 nitrogen and oxygen atoms in total. The van der Waals surface area contributed by atoms with Crippen molar-refractivity contribution in [2.45, 2.75) is 32.2 Å². The van der Waals surface area contributed by atoms with Crippen molar-refractivity contribution >= 4 is 28.9 Å². The van der Waals surface area contributed by atoms with E-state index in [1.165, 1.54) is 12.1 Å². The van der Waals surface area contributed by atoms with Crippen molar-refractivity contribution in [2.24, 2.45) is 0 Å². The number of carbonyl (C=O) groups is 2. The Morgan fingerprint density at radius 1 is 1.14 bits per heavy atom. The first kappa shape index (κ1) is 19.5. The van der Waals surface area contributed by atoms with Gasteiger partial charge in [-0.3, -0.25) is 9.59 Å². The number of halogens is 3. The van der Waals surface area contributed by atoms with E-state index in [0.29, 0.717) is 17.1 Å². The Morgan fingerprint density at radius 3 is 2.43 bits per heavy atom. The maximum absolute atomic E-state index is 12.6. The van der Waals surface area contributed by atoms with Gasteiger partial charge >= 0.3 is 6.18 Å². The minimum Gasteiger partial charge on any atom is -0.479 e. The van der Waals surface area contributed by atoms with E-state index in [4.69, 9.17) is 4.74 Å². The van der Waals surface area contributed by atoms with Crippen LogP contribution in [0.3, 0.4) is 0 Å². The first-order valence-electron chi connectivity index (χ1n) is 8.50. The number of hydrogen-bond acceptors (Lipinski definition) is 4. The normalized spacial score (nSPS) is 17.0. The van der Waals surface area contributed by atoms with Crippen molar-refractivity contribution in [3.05, 3.63) is 48.0 Å². The van der Waals surface area contributed by atoms with Crippen molar-refractivity contribution in [3.63, 3.8) is 0 Å². The quantitative estimate of drug-likeness (QED) is 0.737. The van der Waals surface area contributed by atoms with Crippen molar-refractivity contribution in [3.8, 4) is 5.75 Å². The average molecular weight is 393 g/mol. The average Bonchev–Trinajstić information content (AvgIpc) is 2.62. The van der Waals surface area contributed by atoms with Gasteiger partial charge in [-0.2, -0.15) is 13.2 Å². The van der Waals surface area contributed by atoms with Crippen molar-refractivity contribution in [2.75, 3.05) is 16.0 Å². The Hall–Kier alpha value is -3.23. The Bertz CT molecular complexity index is 898. The molecule has 2 unspecified atom stereocenters. The summed E-state index contributed by atoms with van der Waals surface area (Å²) in [6, 6.07) is 8.53. The highest BCUT2D eigenvalue weighted by molar-refractivity contribution is 5.99. The molecule has 0 saturated carbocycles. The van der Waals surface area contributed by atoms with Crippen LogP contribution in [-0.4, -0.2) is 24.0 Å². The van der Waals surface area contributed by atoms with Gasteiger partial charge < -0.3 is 20.7 Å². The molecule has 28 heavy (non-hydrogen) atoms. The number of amides is 2. The molecule has 1 aliphatic heterocycles. The van der Waals surface area contributed by atoms with Gasteiger partial charge in [0.05, 0.1) is 11.3 Å². The highest BCUT2D eigenvalue weighted by Gasteiger charge is 2.30. The van der Waals surface area contributed by atoms with Crippen LogP contribution in [0.2, 0.25) is 0 Å². The summed E-state index contributed by atoms with van der Waals surface area (Å²) in [6.07, 6.45) is -5.01. The second kappa shape index (κ2) is 7.41. The van der Waals surface area contributed by atoms with E-state index < -0.39 is 29.8 Å². The van der Waals surface area contributed by atoms with E-state index in [1.54, 1.807) is 32.0 Å². The fourth-order valence-corrected chi connectivity index (χ4v) is 2.61. The highest BCUT2D eigenvalue weighted by Crippen LogP contribution is 2.32. The Balaban J connectivity index is 1.63. The van der Waals surface area contributed by atoms with Crippen LogP contribution in [-0.2, 0) is 15.8 Å². The van der Waals surface area contributed by atoms with Crippen LogP contribution in [0.4, 0.5) is 30.2 Å². The molecule has 2 aromatic rings. The lowest BCUT2D eigenvalue weighted by Crippen LogP contribution is -2.34. The molecule has 0 aliphatic carbocycles. The van der Waals surface area contributed by atoms with Crippen LogP contribution in [0.25, 0.3) is 0 Å². The number of benzene rings is 2. The summed E-state index contributed by atoms with van der Waals surface area (Å²) in [4.78, 5) is 24.0. The number of fused-ring (bicyclic) bond motifs is 1. The maximum atomic E-state index is 12.6. The van der Waals surface area contributed by atoms with E-state index in [0.717, 1.165) is 12.1 Å². The third-order valence-electron chi connectivity index (χ3n) is 4.17. The second-order valence-electron chi connectivity index (χ2n) is 6.39. The summed E-state index contributed by atoms with van der Waals surface area (Å²) in [5.74, 6) is -0.163. The van der Waals surface area contributed by atoms with Crippen molar-refractivity contribution in [1.29, 1.82) is 0 Å². The third-order valence-corrected chi connectivity index (χ3v) is 4.17. The summed E-state index contributed by atoms with van der Waals surface area (Å²) in [6.45, 7) is 3.24. The fraction of sp³-hybridized carbons (Fsp3) is 0.263. The molecule has 9 heteroatoms. The van der Waals surface area contributed by atoms with Crippen LogP contribution in [0.15, 0.2) is 42.5 Å². The summed E-state index contributed by atoms with van der Waals surface area (Å²) < 4.78 is 43.2. The smallest absolute Gasteiger partial charge is 0.416 e. The van der Waals surface area contributed by atoms with Crippen LogP contribution >= 0.6 is 0 Å². The van der Waals surface area contributed by atoms with Gasteiger partial charge in [-0.05, 0) is 56.3 Å². The summed E-state index contributed by atoms with van der Waals surface area (Å²) >= 11 is 0. The molecule has 1 heterocycles. The number of carbonyl (C=O) groups excluding carboxylic acids is 2. The Morgan fingerprint density at radius 2 is 1.79 bits per heavy atom. The van der Waals surface area contributed by atoms with Crippen molar-refractivity contribution < 1.29 is 27.5 Å². The second-order valence-corrected chi connectivity index (χ2v) is 6.39. The zero-order valence-corrected chi connectivity index (χ0v) is 15.1. The van der Waals surface area contributed by atoms with Crippen LogP contribution in [0.1, 0.15) is 19.4 Å². The lowest BCUT2D eigenvalue weighted by Gasteiger charge is -2.24. The summed E-state index contributed by atoms with van der Waals surface area (Å²) in [5.41, 5.74) is 0.534. The van der Waals surface area contributed by atoms with E-state index >= 15 is 0 Å². The molecule has 148 valence electrons. The van der Waals surface area contributed by atoms with E-state index in [1.807, 2.05) is 0 Å². The zero-order valence-electron chi connectivity index (χ0n) is 15.1. The molecule has 3 rings (SSSR count). The molecule has 0 spiro atoms. The molecule has 2 atom stereocenters. The molecule has 0 fully saturated rings. The van der Waals surface area contributed by atoms with Crippen molar-refractivity contribution in [1.82, 2.24) is 0 Å². The predicted molar refractivity (Wildman–Crippen MR) is 98.3 cm³/mol. The molecule has 0 saturated heterocycles. The zero-order chi connectivity index (χ0) is 20.5. The molecule has 0 bridgehead atoms. The Labute approximate surface area is 159 Å². The van der Waals surface area contributed by atoms with Crippen LogP contribution in [0.5, 0.6) is 5.75 Å². The molecule has 3 N–H and O–H groups in total. The SMILES string of the molecule is CC(Nc1ccc2c(c1)NC(=O)C(C)O2)C(=O)Nc1ccc(C(F)(F)F)cc1. The first-order chi connectivity index (χ1) is 13.1. The number of ether oxygens (including phenoxy) is 1. The van der Waals surface area contributed by atoms with Gasteiger partial charge in [0, 0.05) is 11.4 Å². The molecule has 2 aromatic carbocycles. The standard InChI is InChI=1S/C19H18F3N3O3/c1-10(17(26)24-13-5-3-12(4-6-13)19(20,21)22)23-14-7-8-16-15(9-14)25-18(27)11(2)28-16/h3-11,23H,1-2H3,(H,24,26)(H,25,27). The lowest BCUT2D eigenvalue weighted by molar-refractivity contribution is -0.137. The van der Waals surface area contributed by atoms with E-state index in [9.17, 15) is 22.8 Å². The molecular formula is C19H18F3N3O3. The molecule has 0 radical (unpaired) electrons. The lowest BCUT2D eigenvalue weighted by atomic mass is 10.2. The summed E-state index contributed by atoms with van der Waals surface area (Å²) in [5, 5.41) is 8.24. The minimum absolute atomic E-state index is 0.256. The van der Waals surface area contributed by atoms with Gasteiger partial charge in [0.1, 0.15) is 11.8 Å². The molecule has 2 amide bonds. The van der Waals surface area contributed by atoms with E-state index in [-0.39, 0.29) is 11.6 Å². The van der Waals surface area contributed by atoms with E-state index in [2.05, 4.69) is 16.0 Å². The monoisotopic (exact) mass is 393 g/mol.